The van der Waals surface area contributed by atoms with E-state index < -0.39 is 0 Å². The molecule has 1 aliphatic rings. The molecule has 0 saturated carbocycles. The van der Waals surface area contributed by atoms with Gasteiger partial charge in [-0.3, -0.25) is 4.90 Å². The number of nitrogens with one attached hydrogen (secondary N) is 1. The first-order valence-corrected chi connectivity index (χ1v) is 8.83. The number of thiophene rings is 1. The Hall–Kier alpha value is -0.880. The van der Waals surface area contributed by atoms with Gasteiger partial charge in [-0.25, -0.2) is 0 Å². The Kier molecular flexibility index (Phi) is 5.30. The Morgan fingerprint density at radius 3 is 2.57 bits per heavy atom. The number of halogens is 1. The van der Waals surface area contributed by atoms with E-state index in [2.05, 4.69) is 61.9 Å². The molecule has 5 heteroatoms. The van der Waals surface area contributed by atoms with Crippen LogP contribution in [0.4, 0.5) is 5.69 Å². The van der Waals surface area contributed by atoms with Gasteiger partial charge < -0.3 is 10.1 Å². The topological polar surface area (TPSA) is 24.5 Å². The first-order chi connectivity index (χ1) is 10.3. The molecule has 0 spiro atoms. The Balaban J connectivity index is 1.52. The summed E-state index contributed by atoms with van der Waals surface area (Å²) in [4.78, 5) is 3.77. The monoisotopic (exact) mass is 366 g/mol. The van der Waals surface area contributed by atoms with E-state index in [-0.39, 0.29) is 0 Å². The molecule has 112 valence electrons. The quantitative estimate of drug-likeness (QED) is 0.866. The zero-order valence-corrected chi connectivity index (χ0v) is 14.3. The summed E-state index contributed by atoms with van der Waals surface area (Å²) in [5, 5.41) is 5.57. The van der Waals surface area contributed by atoms with Crippen LogP contribution >= 0.6 is 27.3 Å². The molecule has 21 heavy (non-hydrogen) atoms. The lowest BCUT2D eigenvalue weighted by Gasteiger charge is -2.26. The number of ether oxygens (including phenoxy) is 1. The van der Waals surface area contributed by atoms with E-state index in [0.29, 0.717) is 0 Å². The van der Waals surface area contributed by atoms with Gasteiger partial charge in [-0.2, -0.15) is 0 Å². The molecule has 2 aromatic rings. The van der Waals surface area contributed by atoms with Gasteiger partial charge in [0.15, 0.2) is 0 Å². The van der Waals surface area contributed by atoms with E-state index in [1.54, 1.807) is 11.3 Å². The Morgan fingerprint density at radius 2 is 1.90 bits per heavy atom. The summed E-state index contributed by atoms with van der Waals surface area (Å²) in [6, 6.07) is 10.8. The van der Waals surface area contributed by atoms with Crippen molar-refractivity contribution < 1.29 is 4.74 Å². The van der Waals surface area contributed by atoms with Crippen LogP contribution in [-0.4, -0.2) is 31.2 Å². The molecule has 0 bridgehead atoms. The van der Waals surface area contributed by atoms with Crippen LogP contribution in [-0.2, 0) is 17.8 Å². The minimum absolute atomic E-state index is 0.856. The first kappa shape index (κ1) is 15.0. The van der Waals surface area contributed by atoms with Gasteiger partial charge in [0.2, 0.25) is 0 Å². The van der Waals surface area contributed by atoms with Crippen LogP contribution in [0.5, 0.6) is 0 Å². The Labute approximate surface area is 138 Å². The van der Waals surface area contributed by atoms with Crippen LogP contribution in [0.2, 0.25) is 0 Å². The summed E-state index contributed by atoms with van der Waals surface area (Å²) in [6.45, 7) is 5.66. The summed E-state index contributed by atoms with van der Waals surface area (Å²) in [5.41, 5.74) is 2.53. The molecule has 0 amide bonds. The summed E-state index contributed by atoms with van der Waals surface area (Å²) in [7, 11) is 0. The Bertz CT molecular complexity index is 564. The van der Waals surface area contributed by atoms with Gasteiger partial charge in [0.05, 0.1) is 19.8 Å². The van der Waals surface area contributed by atoms with Crippen molar-refractivity contribution in [3.63, 3.8) is 0 Å². The maximum absolute atomic E-state index is 5.38. The fourth-order valence-electron chi connectivity index (χ4n) is 2.38. The third kappa shape index (κ3) is 4.30. The number of hydrogen-bond acceptors (Lipinski definition) is 4. The van der Waals surface area contributed by atoms with Crippen LogP contribution in [0, 0.1) is 0 Å². The average Bonchev–Trinajstić information content (AvgIpc) is 2.93. The number of morpholine rings is 1. The second-order valence-corrected chi connectivity index (χ2v) is 6.99. The van der Waals surface area contributed by atoms with Crippen molar-refractivity contribution in [1.82, 2.24) is 4.90 Å². The van der Waals surface area contributed by atoms with E-state index in [1.807, 2.05) is 0 Å². The van der Waals surface area contributed by atoms with Crippen molar-refractivity contribution in [2.24, 2.45) is 0 Å². The van der Waals surface area contributed by atoms with Gasteiger partial charge in [-0.05, 0) is 45.1 Å². The summed E-state index contributed by atoms with van der Waals surface area (Å²) < 4.78 is 6.56. The van der Waals surface area contributed by atoms with Crippen molar-refractivity contribution >= 4 is 33.0 Å². The molecule has 1 N–H and O–H groups in total. The van der Waals surface area contributed by atoms with Crippen LogP contribution in [0.15, 0.2) is 40.2 Å². The molecule has 3 rings (SSSR count). The standard InChI is InChI=1S/C16H19BrN2OS/c17-15-5-10-21-16(15)11-18-14-3-1-13(2-4-14)12-19-6-8-20-9-7-19/h1-5,10,18H,6-9,11-12H2. The molecule has 1 fully saturated rings. The van der Waals surface area contributed by atoms with Crippen molar-refractivity contribution in [2.45, 2.75) is 13.1 Å². The highest BCUT2D eigenvalue weighted by molar-refractivity contribution is 9.10. The fourth-order valence-corrected chi connectivity index (χ4v) is 3.81. The van der Waals surface area contributed by atoms with Gasteiger partial charge in [0.25, 0.3) is 0 Å². The molecule has 1 aromatic carbocycles. The van der Waals surface area contributed by atoms with Crippen LogP contribution in [0.3, 0.4) is 0 Å². The minimum Gasteiger partial charge on any atom is -0.380 e. The van der Waals surface area contributed by atoms with E-state index in [9.17, 15) is 0 Å². The lowest BCUT2D eigenvalue weighted by atomic mass is 10.2. The number of hydrogen-bond donors (Lipinski definition) is 1. The molecule has 0 unspecified atom stereocenters. The lowest BCUT2D eigenvalue weighted by molar-refractivity contribution is 0.0342. The second kappa shape index (κ2) is 7.40. The maximum atomic E-state index is 5.38. The number of anilines is 1. The third-order valence-corrected chi connectivity index (χ3v) is 5.53. The molecule has 1 saturated heterocycles. The van der Waals surface area contributed by atoms with E-state index >= 15 is 0 Å². The largest absolute Gasteiger partial charge is 0.380 e. The molecular weight excluding hydrogens is 348 g/mol. The fraction of sp³-hybridized carbons (Fsp3) is 0.375. The van der Waals surface area contributed by atoms with E-state index in [0.717, 1.165) is 39.4 Å². The zero-order valence-electron chi connectivity index (χ0n) is 11.8. The summed E-state index contributed by atoms with van der Waals surface area (Å²) in [5.74, 6) is 0. The van der Waals surface area contributed by atoms with Crippen molar-refractivity contribution in [3.05, 3.63) is 50.6 Å². The SMILES string of the molecule is Brc1ccsc1CNc1ccc(CN2CCOCC2)cc1. The van der Waals surface area contributed by atoms with Gasteiger partial charge >= 0.3 is 0 Å². The average molecular weight is 367 g/mol. The molecule has 1 aliphatic heterocycles. The van der Waals surface area contributed by atoms with Crippen molar-refractivity contribution in [1.29, 1.82) is 0 Å². The van der Waals surface area contributed by atoms with E-state index in [1.165, 1.54) is 20.6 Å². The molecule has 2 heterocycles. The van der Waals surface area contributed by atoms with Gasteiger partial charge in [0.1, 0.15) is 0 Å². The smallest absolute Gasteiger partial charge is 0.0594 e. The Morgan fingerprint density at radius 1 is 1.14 bits per heavy atom. The highest BCUT2D eigenvalue weighted by Gasteiger charge is 2.10. The molecule has 0 atom stereocenters. The van der Waals surface area contributed by atoms with Gasteiger partial charge in [-0.1, -0.05) is 12.1 Å². The van der Waals surface area contributed by atoms with E-state index in [4.69, 9.17) is 4.74 Å². The highest BCUT2D eigenvalue weighted by Crippen LogP contribution is 2.23. The maximum Gasteiger partial charge on any atom is 0.0594 e. The van der Waals surface area contributed by atoms with Crippen molar-refractivity contribution in [3.8, 4) is 0 Å². The lowest BCUT2D eigenvalue weighted by Crippen LogP contribution is -2.35. The summed E-state index contributed by atoms with van der Waals surface area (Å²) in [6.07, 6.45) is 0. The molecule has 1 aromatic heterocycles. The van der Waals surface area contributed by atoms with Crippen LogP contribution in [0.1, 0.15) is 10.4 Å². The molecular formula is C16H19BrN2OS. The highest BCUT2D eigenvalue weighted by atomic mass is 79.9. The molecule has 0 aliphatic carbocycles. The van der Waals surface area contributed by atoms with Gasteiger partial charge in [-0.15, -0.1) is 11.3 Å². The first-order valence-electron chi connectivity index (χ1n) is 7.16. The second-order valence-electron chi connectivity index (χ2n) is 5.13. The molecule has 0 radical (unpaired) electrons. The van der Waals surface area contributed by atoms with Crippen LogP contribution in [0.25, 0.3) is 0 Å². The number of nitrogens with zero attached hydrogens (tertiary/aromatic N) is 1. The number of rotatable bonds is 5. The van der Waals surface area contributed by atoms with Gasteiger partial charge in [0, 0.05) is 34.7 Å². The minimum atomic E-state index is 0.856. The predicted molar refractivity (Wildman–Crippen MR) is 91.9 cm³/mol. The summed E-state index contributed by atoms with van der Waals surface area (Å²) >= 11 is 5.33. The third-order valence-electron chi connectivity index (χ3n) is 3.61. The normalized spacial score (nSPS) is 16.0. The zero-order chi connectivity index (χ0) is 14.5. The number of benzene rings is 1. The predicted octanol–water partition coefficient (Wildman–Crippen LogP) is 3.95. The van der Waals surface area contributed by atoms with Crippen LogP contribution < -0.4 is 5.32 Å². The van der Waals surface area contributed by atoms with Crippen molar-refractivity contribution in [2.75, 3.05) is 31.6 Å². The molecule has 3 nitrogen and oxygen atoms in total.